The molecule has 2 unspecified atom stereocenters. The van der Waals surface area contributed by atoms with E-state index in [2.05, 4.69) is 31.1 Å². The van der Waals surface area contributed by atoms with Crippen LogP contribution in [0.5, 0.6) is 0 Å². The number of rotatable bonds is 4. The fourth-order valence-corrected chi connectivity index (χ4v) is 2.06. The predicted molar refractivity (Wildman–Crippen MR) is 74.7 cm³/mol. The number of benzene rings is 1. The van der Waals surface area contributed by atoms with Gasteiger partial charge in [0.1, 0.15) is 0 Å². The first-order valence-electron chi connectivity index (χ1n) is 6.50. The first-order chi connectivity index (χ1) is 8.63. The number of amides is 1. The second-order valence-corrected chi connectivity index (χ2v) is 4.89. The minimum absolute atomic E-state index is 0.00741. The average molecular weight is 244 g/mol. The zero-order valence-electron chi connectivity index (χ0n) is 11.2. The molecule has 0 saturated heterocycles. The quantitative estimate of drug-likeness (QED) is 0.851. The Morgan fingerprint density at radius 1 is 1.33 bits per heavy atom. The molecule has 0 spiro atoms. The van der Waals surface area contributed by atoms with Gasteiger partial charge in [-0.15, -0.1) is 0 Å². The summed E-state index contributed by atoms with van der Waals surface area (Å²) in [6, 6.07) is 7.88. The van der Waals surface area contributed by atoms with Gasteiger partial charge in [0.25, 0.3) is 5.91 Å². The number of hydrogen-bond donors (Lipinski definition) is 2. The van der Waals surface area contributed by atoms with Gasteiger partial charge in [0.15, 0.2) is 0 Å². The van der Waals surface area contributed by atoms with Crippen molar-refractivity contribution in [2.45, 2.75) is 33.2 Å². The summed E-state index contributed by atoms with van der Waals surface area (Å²) in [5.41, 5.74) is 1.74. The molecule has 3 heteroatoms. The zero-order valence-corrected chi connectivity index (χ0v) is 11.2. The molecule has 96 valence electrons. The molecule has 1 heterocycles. The molecule has 0 radical (unpaired) electrons. The van der Waals surface area contributed by atoms with Crippen molar-refractivity contribution in [2.24, 2.45) is 5.92 Å². The lowest BCUT2D eigenvalue weighted by molar-refractivity contribution is 0.0930. The van der Waals surface area contributed by atoms with Gasteiger partial charge in [-0.3, -0.25) is 4.79 Å². The lowest BCUT2D eigenvalue weighted by Gasteiger charge is -2.20. The lowest BCUT2D eigenvalue weighted by atomic mass is 10.00. The molecule has 0 saturated carbocycles. The van der Waals surface area contributed by atoms with Gasteiger partial charge in [-0.1, -0.05) is 26.3 Å². The van der Waals surface area contributed by atoms with Crippen molar-refractivity contribution in [1.82, 2.24) is 10.3 Å². The van der Waals surface area contributed by atoms with Gasteiger partial charge in [0, 0.05) is 28.7 Å². The molecule has 2 aromatic rings. The third kappa shape index (κ3) is 2.40. The summed E-state index contributed by atoms with van der Waals surface area (Å²) in [4.78, 5) is 15.4. The Hall–Kier alpha value is -1.77. The van der Waals surface area contributed by atoms with Crippen molar-refractivity contribution in [3.8, 4) is 0 Å². The van der Waals surface area contributed by atoms with Crippen LogP contribution in [-0.2, 0) is 0 Å². The highest BCUT2D eigenvalue weighted by atomic mass is 16.1. The van der Waals surface area contributed by atoms with E-state index in [1.165, 1.54) is 0 Å². The third-order valence-electron chi connectivity index (χ3n) is 3.70. The normalized spacial score (nSPS) is 14.4. The molecule has 0 aliphatic carbocycles. The fraction of sp³-hybridized carbons (Fsp3) is 0.400. The van der Waals surface area contributed by atoms with E-state index >= 15 is 0 Å². The van der Waals surface area contributed by atoms with E-state index < -0.39 is 0 Å². The molecule has 2 N–H and O–H groups in total. The molecule has 0 aliphatic heterocycles. The predicted octanol–water partition coefficient (Wildman–Crippen LogP) is 3.33. The summed E-state index contributed by atoms with van der Waals surface area (Å²) in [6.07, 6.45) is 2.93. The molecule has 0 fully saturated rings. The zero-order chi connectivity index (χ0) is 13.1. The molecule has 18 heavy (non-hydrogen) atoms. The van der Waals surface area contributed by atoms with E-state index in [1.807, 2.05) is 30.5 Å². The van der Waals surface area contributed by atoms with Gasteiger partial charge >= 0.3 is 0 Å². The summed E-state index contributed by atoms with van der Waals surface area (Å²) in [7, 11) is 0. The largest absolute Gasteiger partial charge is 0.361 e. The van der Waals surface area contributed by atoms with E-state index in [-0.39, 0.29) is 11.9 Å². The standard InChI is InChI=1S/C15H20N2O/c1-4-10(2)11(3)17-15(18)13-6-5-7-14-12(13)8-9-16-14/h5-11,16H,4H2,1-3H3,(H,17,18). The molecule has 0 bridgehead atoms. The second-order valence-electron chi connectivity index (χ2n) is 4.89. The van der Waals surface area contributed by atoms with Gasteiger partial charge in [-0.25, -0.2) is 0 Å². The molecule has 0 aliphatic rings. The van der Waals surface area contributed by atoms with Crippen molar-refractivity contribution >= 4 is 16.8 Å². The fourth-order valence-electron chi connectivity index (χ4n) is 2.06. The monoisotopic (exact) mass is 244 g/mol. The Kier molecular flexibility index (Phi) is 3.70. The van der Waals surface area contributed by atoms with E-state index in [1.54, 1.807) is 0 Å². The Labute approximate surface area is 108 Å². The van der Waals surface area contributed by atoms with Crippen molar-refractivity contribution in [3.05, 3.63) is 36.0 Å². The highest BCUT2D eigenvalue weighted by Gasteiger charge is 2.16. The van der Waals surface area contributed by atoms with Crippen LogP contribution in [0.3, 0.4) is 0 Å². The minimum Gasteiger partial charge on any atom is -0.361 e. The second kappa shape index (κ2) is 5.25. The lowest BCUT2D eigenvalue weighted by Crippen LogP contribution is -2.36. The molecular weight excluding hydrogens is 224 g/mol. The maximum absolute atomic E-state index is 12.3. The Bertz CT molecular complexity index is 544. The maximum atomic E-state index is 12.3. The van der Waals surface area contributed by atoms with Crippen LogP contribution in [0.15, 0.2) is 30.5 Å². The van der Waals surface area contributed by atoms with Crippen LogP contribution in [0.2, 0.25) is 0 Å². The molecule has 3 nitrogen and oxygen atoms in total. The average Bonchev–Trinajstić information content (AvgIpc) is 2.85. The highest BCUT2D eigenvalue weighted by molar-refractivity contribution is 6.06. The van der Waals surface area contributed by atoms with E-state index in [9.17, 15) is 4.79 Å². The summed E-state index contributed by atoms with van der Waals surface area (Å²) >= 11 is 0. The molecule has 2 atom stereocenters. The Balaban J connectivity index is 2.21. The van der Waals surface area contributed by atoms with Crippen molar-refractivity contribution < 1.29 is 4.79 Å². The minimum atomic E-state index is 0.00741. The van der Waals surface area contributed by atoms with Crippen LogP contribution in [-0.4, -0.2) is 16.9 Å². The van der Waals surface area contributed by atoms with Crippen LogP contribution >= 0.6 is 0 Å². The topological polar surface area (TPSA) is 44.9 Å². The summed E-state index contributed by atoms with van der Waals surface area (Å²) < 4.78 is 0. The number of fused-ring (bicyclic) bond motifs is 1. The highest BCUT2D eigenvalue weighted by Crippen LogP contribution is 2.18. The van der Waals surface area contributed by atoms with Gasteiger partial charge in [0.05, 0.1) is 0 Å². The van der Waals surface area contributed by atoms with Crippen LogP contribution in [0.4, 0.5) is 0 Å². The van der Waals surface area contributed by atoms with Crippen molar-refractivity contribution in [3.63, 3.8) is 0 Å². The van der Waals surface area contributed by atoms with Gasteiger partial charge in [-0.05, 0) is 31.0 Å². The Morgan fingerprint density at radius 2 is 2.11 bits per heavy atom. The van der Waals surface area contributed by atoms with Gasteiger partial charge < -0.3 is 10.3 Å². The summed E-state index contributed by atoms with van der Waals surface area (Å²) in [5, 5.41) is 4.05. The van der Waals surface area contributed by atoms with Gasteiger partial charge in [0.2, 0.25) is 0 Å². The summed E-state index contributed by atoms with van der Waals surface area (Å²) in [6.45, 7) is 6.35. The van der Waals surface area contributed by atoms with Gasteiger partial charge in [-0.2, -0.15) is 0 Å². The molecule has 1 amide bonds. The molecular formula is C15H20N2O. The SMILES string of the molecule is CCC(C)C(C)NC(=O)c1cccc2[nH]ccc12. The van der Waals surface area contributed by atoms with E-state index in [0.717, 1.165) is 22.9 Å². The number of hydrogen-bond acceptors (Lipinski definition) is 1. The van der Waals surface area contributed by atoms with E-state index in [0.29, 0.717) is 5.92 Å². The van der Waals surface area contributed by atoms with E-state index in [4.69, 9.17) is 0 Å². The molecule has 2 rings (SSSR count). The maximum Gasteiger partial charge on any atom is 0.252 e. The third-order valence-corrected chi connectivity index (χ3v) is 3.70. The number of aromatic amines is 1. The number of carbonyl (C=O) groups is 1. The smallest absolute Gasteiger partial charge is 0.252 e. The number of carbonyl (C=O) groups excluding carboxylic acids is 1. The molecule has 1 aromatic carbocycles. The number of H-pyrrole nitrogens is 1. The molecule has 1 aromatic heterocycles. The number of nitrogens with one attached hydrogen (secondary N) is 2. The van der Waals surface area contributed by atoms with Crippen molar-refractivity contribution in [2.75, 3.05) is 0 Å². The first kappa shape index (κ1) is 12.7. The Morgan fingerprint density at radius 3 is 2.83 bits per heavy atom. The van der Waals surface area contributed by atoms with Crippen LogP contribution in [0.1, 0.15) is 37.6 Å². The van der Waals surface area contributed by atoms with Crippen molar-refractivity contribution in [1.29, 1.82) is 0 Å². The van der Waals surface area contributed by atoms with Crippen LogP contribution in [0, 0.1) is 5.92 Å². The number of aromatic nitrogens is 1. The summed E-state index contributed by atoms with van der Waals surface area (Å²) in [5.74, 6) is 0.493. The van der Waals surface area contributed by atoms with Crippen LogP contribution < -0.4 is 5.32 Å². The van der Waals surface area contributed by atoms with Crippen LogP contribution in [0.25, 0.3) is 10.9 Å². The first-order valence-corrected chi connectivity index (χ1v) is 6.50.